The van der Waals surface area contributed by atoms with Crippen molar-refractivity contribution in [1.82, 2.24) is 0 Å². The van der Waals surface area contributed by atoms with Crippen LogP contribution in [0.2, 0.25) is 10.0 Å². The lowest BCUT2D eigenvalue weighted by molar-refractivity contribution is -0.617. The second-order valence-electron chi connectivity index (χ2n) is 5.72. The second kappa shape index (κ2) is 5.97. The quantitative estimate of drug-likeness (QED) is 0.352. The van der Waals surface area contributed by atoms with Crippen LogP contribution in [0, 0.1) is 0 Å². The van der Waals surface area contributed by atoms with Crippen molar-refractivity contribution in [3.63, 3.8) is 0 Å². The number of aryl methyl sites for hydroxylation is 1. The largest absolute Gasteiger partial charge is 0.353 e. The molecule has 4 rings (SSSR count). The van der Waals surface area contributed by atoms with Crippen molar-refractivity contribution in [2.24, 2.45) is 7.05 Å². The summed E-state index contributed by atoms with van der Waals surface area (Å²) in [5.74, 6) is 0. The monoisotopic (exact) mass is 353 g/mol. The van der Waals surface area contributed by atoms with Crippen LogP contribution in [0.15, 0.2) is 66.7 Å². The lowest BCUT2D eigenvalue weighted by Gasteiger charge is -2.13. The number of aromatic nitrogens is 1. The third-order valence-corrected chi connectivity index (χ3v) is 4.81. The van der Waals surface area contributed by atoms with Crippen molar-refractivity contribution in [3.8, 4) is 0 Å². The van der Waals surface area contributed by atoms with Gasteiger partial charge in [-0.05, 0) is 30.3 Å². The Labute approximate surface area is 150 Å². The minimum absolute atomic E-state index is 0.601. The normalized spacial score (nSPS) is 11.1. The third-order valence-electron chi connectivity index (χ3n) is 4.26. The third kappa shape index (κ3) is 2.48. The van der Waals surface area contributed by atoms with E-state index in [2.05, 4.69) is 53.3 Å². The van der Waals surface area contributed by atoms with Gasteiger partial charge in [0.15, 0.2) is 0 Å². The van der Waals surface area contributed by atoms with E-state index < -0.39 is 0 Å². The van der Waals surface area contributed by atoms with E-state index in [1.54, 1.807) is 6.07 Å². The van der Waals surface area contributed by atoms with Gasteiger partial charge in [0.2, 0.25) is 11.0 Å². The van der Waals surface area contributed by atoms with Crippen molar-refractivity contribution >= 4 is 56.4 Å². The number of benzene rings is 3. The fourth-order valence-corrected chi connectivity index (χ4v) is 3.55. The highest BCUT2D eigenvalue weighted by molar-refractivity contribution is 6.36. The summed E-state index contributed by atoms with van der Waals surface area (Å²) in [6, 6.07) is 22.2. The molecule has 4 heteroatoms. The number of halogens is 2. The average molecular weight is 354 g/mol. The van der Waals surface area contributed by atoms with E-state index in [1.807, 2.05) is 24.3 Å². The Hall–Kier alpha value is -2.29. The van der Waals surface area contributed by atoms with Crippen molar-refractivity contribution in [3.05, 3.63) is 76.8 Å². The number of hydrogen-bond donors (Lipinski definition) is 1. The molecule has 1 aromatic heterocycles. The minimum atomic E-state index is 0.601. The number of anilines is 2. The first-order chi connectivity index (χ1) is 11.6. The number of para-hydroxylation sites is 2. The van der Waals surface area contributed by atoms with Gasteiger partial charge in [0, 0.05) is 17.2 Å². The Morgan fingerprint density at radius 2 is 1.38 bits per heavy atom. The molecule has 0 fully saturated rings. The molecule has 1 N–H and O–H groups in total. The maximum atomic E-state index is 6.36. The van der Waals surface area contributed by atoms with Crippen LogP contribution >= 0.6 is 23.2 Å². The summed E-state index contributed by atoms with van der Waals surface area (Å²) < 4.78 is 2.21. The molecule has 0 amide bonds. The summed E-state index contributed by atoms with van der Waals surface area (Å²) >= 11 is 12.4. The molecular formula is C20H15Cl2N2+. The van der Waals surface area contributed by atoms with Gasteiger partial charge in [-0.3, -0.25) is 0 Å². The summed E-state index contributed by atoms with van der Waals surface area (Å²) in [5, 5.41) is 7.02. The van der Waals surface area contributed by atoms with Gasteiger partial charge in [-0.2, -0.15) is 4.57 Å². The first-order valence-corrected chi connectivity index (χ1v) is 8.42. The Bertz CT molecular complexity index is 1020. The molecule has 0 spiro atoms. The summed E-state index contributed by atoms with van der Waals surface area (Å²) in [7, 11) is 2.09. The predicted molar refractivity (Wildman–Crippen MR) is 102 cm³/mol. The zero-order valence-corrected chi connectivity index (χ0v) is 14.6. The topological polar surface area (TPSA) is 15.9 Å². The van der Waals surface area contributed by atoms with Gasteiger partial charge < -0.3 is 5.32 Å². The van der Waals surface area contributed by atoms with E-state index in [0.717, 1.165) is 33.2 Å². The van der Waals surface area contributed by atoms with Crippen LogP contribution in [0.1, 0.15) is 0 Å². The Balaban J connectivity index is 2.03. The summed E-state index contributed by atoms with van der Waals surface area (Å²) in [6.45, 7) is 0. The van der Waals surface area contributed by atoms with Gasteiger partial charge in [-0.25, -0.2) is 0 Å². The van der Waals surface area contributed by atoms with Crippen LogP contribution in [0.25, 0.3) is 21.8 Å². The van der Waals surface area contributed by atoms with E-state index in [9.17, 15) is 0 Å². The zero-order valence-electron chi connectivity index (χ0n) is 13.1. The van der Waals surface area contributed by atoms with Crippen LogP contribution in [0.5, 0.6) is 0 Å². The molecule has 0 radical (unpaired) electrons. The first-order valence-electron chi connectivity index (χ1n) is 7.67. The molecule has 0 aliphatic rings. The molecule has 0 aliphatic heterocycles. The molecular weight excluding hydrogens is 339 g/mol. The highest BCUT2D eigenvalue weighted by atomic mass is 35.5. The maximum absolute atomic E-state index is 6.36. The average Bonchev–Trinajstić information content (AvgIpc) is 2.60. The zero-order chi connectivity index (χ0) is 16.7. The van der Waals surface area contributed by atoms with E-state index in [-0.39, 0.29) is 0 Å². The summed E-state index contributed by atoms with van der Waals surface area (Å²) in [6.07, 6.45) is 0. The highest BCUT2D eigenvalue weighted by Gasteiger charge is 2.17. The number of nitrogens with zero attached hydrogens (tertiary/aromatic N) is 1. The lowest BCUT2D eigenvalue weighted by atomic mass is 10.1. The van der Waals surface area contributed by atoms with E-state index in [1.165, 1.54) is 0 Å². The Morgan fingerprint density at radius 1 is 0.792 bits per heavy atom. The van der Waals surface area contributed by atoms with Crippen LogP contribution in [-0.4, -0.2) is 0 Å². The fourth-order valence-electron chi connectivity index (χ4n) is 3.09. The van der Waals surface area contributed by atoms with Crippen LogP contribution < -0.4 is 9.88 Å². The van der Waals surface area contributed by atoms with Crippen LogP contribution in [0.3, 0.4) is 0 Å². The Morgan fingerprint density at radius 3 is 1.96 bits per heavy atom. The minimum Gasteiger partial charge on any atom is -0.353 e. The second-order valence-corrected chi connectivity index (χ2v) is 6.56. The molecule has 0 saturated carbocycles. The molecule has 4 aromatic rings. The molecule has 2 nitrogen and oxygen atoms in total. The highest BCUT2D eigenvalue weighted by Crippen LogP contribution is 2.35. The summed E-state index contributed by atoms with van der Waals surface area (Å²) in [4.78, 5) is 0. The smallest absolute Gasteiger partial charge is 0.214 e. The molecule has 118 valence electrons. The van der Waals surface area contributed by atoms with E-state index >= 15 is 0 Å². The molecule has 0 aliphatic carbocycles. The first kappa shape index (κ1) is 15.3. The van der Waals surface area contributed by atoms with Crippen molar-refractivity contribution < 1.29 is 4.57 Å². The fraction of sp³-hybridized carbons (Fsp3) is 0.0500. The summed E-state index contributed by atoms with van der Waals surface area (Å²) in [5.41, 5.74) is 4.20. The Kier molecular flexibility index (Phi) is 3.79. The molecule has 3 aromatic carbocycles. The van der Waals surface area contributed by atoms with Gasteiger partial charge in [0.25, 0.3) is 0 Å². The van der Waals surface area contributed by atoms with Gasteiger partial charge in [-0.15, -0.1) is 0 Å². The van der Waals surface area contributed by atoms with Crippen LogP contribution in [-0.2, 0) is 7.05 Å². The predicted octanol–water partition coefficient (Wildman–Crippen LogP) is 5.87. The molecule has 1 heterocycles. The van der Waals surface area contributed by atoms with Gasteiger partial charge in [0.1, 0.15) is 7.05 Å². The van der Waals surface area contributed by atoms with Crippen molar-refractivity contribution in [1.29, 1.82) is 0 Å². The molecule has 24 heavy (non-hydrogen) atoms. The number of rotatable bonds is 2. The molecule has 0 saturated heterocycles. The molecule has 0 bridgehead atoms. The number of hydrogen-bond acceptors (Lipinski definition) is 1. The molecule has 0 atom stereocenters. The number of pyridine rings is 1. The lowest BCUT2D eigenvalue weighted by Crippen LogP contribution is -2.30. The molecule has 0 unspecified atom stereocenters. The van der Waals surface area contributed by atoms with E-state index in [4.69, 9.17) is 23.2 Å². The van der Waals surface area contributed by atoms with Crippen LogP contribution in [0.4, 0.5) is 11.4 Å². The van der Waals surface area contributed by atoms with Gasteiger partial charge >= 0.3 is 0 Å². The maximum Gasteiger partial charge on any atom is 0.214 e. The van der Waals surface area contributed by atoms with Crippen molar-refractivity contribution in [2.75, 3.05) is 5.32 Å². The number of nitrogens with one attached hydrogen (secondary N) is 1. The van der Waals surface area contributed by atoms with Gasteiger partial charge in [-0.1, -0.05) is 47.5 Å². The SMILES string of the molecule is C[n+]1c2ccccc2c(Nc2ccc(Cl)cc2Cl)c2ccccc21. The number of fused-ring (bicyclic) bond motifs is 2. The standard InChI is InChI=1S/C20H14Cl2N2/c1-24-18-8-4-2-6-14(18)20(15-7-3-5-9-19(15)24)23-17-11-10-13(21)12-16(17)22/h2-12H,1H3/p+1. The van der Waals surface area contributed by atoms with Gasteiger partial charge in [0.05, 0.1) is 27.2 Å². The van der Waals surface area contributed by atoms with Crippen molar-refractivity contribution in [2.45, 2.75) is 0 Å². The van der Waals surface area contributed by atoms with E-state index in [0.29, 0.717) is 10.0 Å².